The van der Waals surface area contributed by atoms with Gasteiger partial charge >= 0.3 is 0 Å². The highest BCUT2D eigenvalue weighted by molar-refractivity contribution is 5.97. The molecular formula is C24H23N7O. The number of aryl methyl sites for hydroxylation is 1. The number of pyridine rings is 1. The number of imidazole rings is 1. The largest absolute Gasteiger partial charge is 0.353 e. The molecule has 1 aromatic carbocycles. The first kappa shape index (κ1) is 18.9. The van der Waals surface area contributed by atoms with E-state index in [0.29, 0.717) is 18.7 Å². The average Bonchev–Trinajstić information content (AvgIpc) is 3.52. The molecule has 6 rings (SSSR count). The zero-order valence-electron chi connectivity index (χ0n) is 17.7. The Balaban J connectivity index is 1.23. The molecule has 1 aliphatic carbocycles. The molecule has 0 unspecified atom stereocenters. The van der Waals surface area contributed by atoms with Crippen LogP contribution in [-0.2, 0) is 12.8 Å². The number of anilines is 1. The van der Waals surface area contributed by atoms with Crippen LogP contribution in [0.1, 0.15) is 28.0 Å². The molecule has 0 saturated carbocycles. The average molecular weight is 425 g/mol. The van der Waals surface area contributed by atoms with Gasteiger partial charge in [0.05, 0.1) is 17.4 Å². The smallest absolute Gasteiger partial charge is 0.254 e. The Labute approximate surface area is 185 Å². The Morgan fingerprint density at radius 2 is 1.81 bits per heavy atom. The fourth-order valence-corrected chi connectivity index (χ4v) is 4.68. The lowest BCUT2D eigenvalue weighted by Crippen LogP contribution is -2.49. The van der Waals surface area contributed by atoms with Gasteiger partial charge in [-0.2, -0.15) is 0 Å². The van der Waals surface area contributed by atoms with Crippen LogP contribution in [0, 0.1) is 0 Å². The molecule has 1 saturated heterocycles. The lowest BCUT2D eigenvalue weighted by atomic mass is 10.1. The Kier molecular flexibility index (Phi) is 4.56. The molecule has 32 heavy (non-hydrogen) atoms. The lowest BCUT2D eigenvalue weighted by Gasteiger charge is -2.36. The van der Waals surface area contributed by atoms with E-state index in [1.807, 2.05) is 35.2 Å². The molecule has 0 bridgehead atoms. The monoisotopic (exact) mass is 425 g/mol. The number of nitrogens with one attached hydrogen (secondary N) is 1. The van der Waals surface area contributed by atoms with Gasteiger partial charge in [-0.05, 0) is 49.6 Å². The van der Waals surface area contributed by atoms with Crippen molar-refractivity contribution < 1.29 is 4.79 Å². The van der Waals surface area contributed by atoms with Crippen molar-refractivity contribution in [3.05, 3.63) is 65.9 Å². The van der Waals surface area contributed by atoms with Gasteiger partial charge < -0.3 is 14.8 Å². The van der Waals surface area contributed by atoms with Gasteiger partial charge in [0.2, 0.25) is 0 Å². The predicted molar refractivity (Wildman–Crippen MR) is 121 cm³/mol. The molecule has 1 fully saturated rings. The number of fused-ring (bicyclic) bond motifs is 2. The van der Waals surface area contributed by atoms with E-state index in [1.165, 1.54) is 5.56 Å². The van der Waals surface area contributed by atoms with E-state index >= 15 is 0 Å². The highest BCUT2D eigenvalue weighted by Gasteiger charge is 2.28. The molecule has 1 amide bonds. The van der Waals surface area contributed by atoms with E-state index < -0.39 is 0 Å². The summed E-state index contributed by atoms with van der Waals surface area (Å²) in [5, 5.41) is 0. The van der Waals surface area contributed by atoms with Gasteiger partial charge in [0.25, 0.3) is 5.91 Å². The number of H-pyrrole nitrogens is 1. The summed E-state index contributed by atoms with van der Waals surface area (Å²) in [7, 11) is 0. The molecule has 8 heteroatoms. The van der Waals surface area contributed by atoms with Crippen molar-refractivity contribution in [3.8, 4) is 11.4 Å². The minimum atomic E-state index is 0.0616. The number of amides is 1. The van der Waals surface area contributed by atoms with E-state index in [1.54, 1.807) is 18.7 Å². The summed E-state index contributed by atoms with van der Waals surface area (Å²) < 4.78 is 0. The molecule has 8 nitrogen and oxygen atoms in total. The van der Waals surface area contributed by atoms with E-state index in [2.05, 4.69) is 19.9 Å². The van der Waals surface area contributed by atoms with Gasteiger partial charge in [-0.1, -0.05) is 0 Å². The van der Waals surface area contributed by atoms with Crippen LogP contribution in [0.4, 0.5) is 5.82 Å². The third-order valence-electron chi connectivity index (χ3n) is 6.38. The quantitative estimate of drug-likeness (QED) is 0.543. The van der Waals surface area contributed by atoms with Crippen molar-refractivity contribution in [1.82, 2.24) is 29.8 Å². The van der Waals surface area contributed by atoms with E-state index in [4.69, 9.17) is 9.97 Å². The van der Waals surface area contributed by atoms with Crippen LogP contribution in [0.5, 0.6) is 0 Å². The number of piperazine rings is 1. The Morgan fingerprint density at radius 3 is 2.66 bits per heavy atom. The van der Waals surface area contributed by atoms with Crippen molar-refractivity contribution >= 4 is 22.8 Å². The predicted octanol–water partition coefficient (Wildman–Crippen LogP) is 2.87. The SMILES string of the molecule is O=C(c1ccc2nc[nH]c2c1)N1CCN(c2nc(-c3ccncc3)nc3c2CCC3)CC1. The second kappa shape index (κ2) is 7.71. The number of rotatable bonds is 3. The van der Waals surface area contributed by atoms with Crippen molar-refractivity contribution in [2.45, 2.75) is 19.3 Å². The van der Waals surface area contributed by atoms with Crippen LogP contribution >= 0.6 is 0 Å². The summed E-state index contributed by atoms with van der Waals surface area (Å²) in [5.41, 5.74) is 5.86. The number of carbonyl (C=O) groups excluding carboxylic acids is 1. The summed E-state index contributed by atoms with van der Waals surface area (Å²) >= 11 is 0. The van der Waals surface area contributed by atoms with Crippen LogP contribution in [0.2, 0.25) is 0 Å². The van der Waals surface area contributed by atoms with Crippen molar-refractivity contribution in [1.29, 1.82) is 0 Å². The van der Waals surface area contributed by atoms with Crippen LogP contribution in [-0.4, -0.2) is 61.9 Å². The lowest BCUT2D eigenvalue weighted by molar-refractivity contribution is 0.0746. The highest BCUT2D eigenvalue weighted by Crippen LogP contribution is 2.32. The van der Waals surface area contributed by atoms with E-state index in [9.17, 15) is 4.79 Å². The van der Waals surface area contributed by atoms with Crippen molar-refractivity contribution in [2.75, 3.05) is 31.1 Å². The maximum absolute atomic E-state index is 13.1. The van der Waals surface area contributed by atoms with Gasteiger partial charge in [-0.3, -0.25) is 9.78 Å². The molecule has 0 radical (unpaired) electrons. The zero-order valence-corrected chi connectivity index (χ0v) is 17.7. The molecular weight excluding hydrogens is 402 g/mol. The van der Waals surface area contributed by atoms with Gasteiger partial charge in [-0.25, -0.2) is 15.0 Å². The number of hydrogen-bond acceptors (Lipinski definition) is 6. The molecule has 4 aromatic rings. The highest BCUT2D eigenvalue weighted by atomic mass is 16.2. The number of carbonyl (C=O) groups is 1. The summed E-state index contributed by atoms with van der Waals surface area (Å²) in [4.78, 5) is 38.6. The molecule has 4 heterocycles. The van der Waals surface area contributed by atoms with Crippen molar-refractivity contribution in [3.63, 3.8) is 0 Å². The second-order valence-corrected chi connectivity index (χ2v) is 8.30. The third kappa shape index (κ3) is 3.28. The zero-order chi connectivity index (χ0) is 21.5. The molecule has 2 aliphatic rings. The second-order valence-electron chi connectivity index (χ2n) is 8.30. The van der Waals surface area contributed by atoms with E-state index in [-0.39, 0.29) is 5.91 Å². The van der Waals surface area contributed by atoms with Crippen LogP contribution < -0.4 is 4.90 Å². The molecule has 1 N–H and O–H groups in total. The molecule has 3 aromatic heterocycles. The van der Waals surface area contributed by atoms with Gasteiger partial charge in [0.15, 0.2) is 5.82 Å². The maximum Gasteiger partial charge on any atom is 0.254 e. The number of benzene rings is 1. The third-order valence-corrected chi connectivity index (χ3v) is 6.38. The number of hydrogen-bond donors (Lipinski definition) is 1. The summed E-state index contributed by atoms with van der Waals surface area (Å²) in [5.74, 6) is 1.85. The van der Waals surface area contributed by atoms with Crippen LogP contribution in [0.3, 0.4) is 0 Å². The topological polar surface area (TPSA) is 90.9 Å². The standard InChI is InChI=1S/C24H23N7O/c32-24(17-4-5-20-21(14-17)27-15-26-20)31-12-10-30(11-13-31)23-18-2-1-3-19(18)28-22(29-23)16-6-8-25-9-7-16/h4-9,14-15H,1-3,10-13H2,(H,26,27). The molecule has 1 aliphatic heterocycles. The normalized spacial score (nSPS) is 15.9. The van der Waals surface area contributed by atoms with Gasteiger partial charge in [-0.15, -0.1) is 0 Å². The molecule has 160 valence electrons. The van der Waals surface area contributed by atoms with Gasteiger partial charge in [0, 0.05) is 61.0 Å². The number of aromatic amines is 1. The Bertz CT molecular complexity index is 1290. The number of aromatic nitrogens is 5. The first-order valence-electron chi connectivity index (χ1n) is 11.0. The minimum Gasteiger partial charge on any atom is -0.353 e. The Hall–Kier alpha value is -3.81. The minimum absolute atomic E-state index is 0.0616. The summed E-state index contributed by atoms with van der Waals surface area (Å²) in [6.45, 7) is 2.86. The molecule has 0 atom stereocenters. The van der Waals surface area contributed by atoms with Crippen molar-refractivity contribution in [2.24, 2.45) is 0 Å². The first-order valence-corrected chi connectivity index (χ1v) is 11.0. The maximum atomic E-state index is 13.1. The molecule has 0 spiro atoms. The Morgan fingerprint density at radius 1 is 0.969 bits per heavy atom. The van der Waals surface area contributed by atoms with Crippen LogP contribution in [0.25, 0.3) is 22.4 Å². The fraction of sp³-hybridized carbons (Fsp3) is 0.292. The summed E-state index contributed by atoms with van der Waals surface area (Å²) in [6.07, 6.45) is 8.33. The number of nitrogens with zero attached hydrogens (tertiary/aromatic N) is 6. The first-order chi connectivity index (χ1) is 15.8. The van der Waals surface area contributed by atoms with E-state index in [0.717, 1.165) is 66.3 Å². The van der Waals surface area contributed by atoms with Gasteiger partial charge in [0.1, 0.15) is 5.82 Å². The fourth-order valence-electron chi connectivity index (χ4n) is 4.68. The summed E-state index contributed by atoms with van der Waals surface area (Å²) in [6, 6.07) is 9.53. The van der Waals surface area contributed by atoms with Crippen LogP contribution in [0.15, 0.2) is 49.1 Å².